The van der Waals surface area contributed by atoms with Gasteiger partial charge in [-0.15, -0.1) is 0 Å². The molecule has 20 heavy (non-hydrogen) atoms. The molecule has 1 amide bonds. The first-order chi connectivity index (χ1) is 9.69. The number of nitrogens with one attached hydrogen (secondary N) is 1. The predicted octanol–water partition coefficient (Wildman–Crippen LogP) is 1.31. The zero-order valence-electron chi connectivity index (χ0n) is 11.3. The summed E-state index contributed by atoms with van der Waals surface area (Å²) in [5.74, 6) is 0.350. The molecule has 1 aliphatic rings. The third-order valence-corrected chi connectivity index (χ3v) is 3.00. The lowest BCUT2D eigenvalue weighted by Crippen LogP contribution is -2.24. The van der Waals surface area contributed by atoms with Gasteiger partial charge < -0.3 is 14.8 Å². The normalized spacial score (nSPS) is 12.8. The van der Waals surface area contributed by atoms with Crippen molar-refractivity contribution in [1.82, 2.24) is 5.32 Å². The molecule has 0 spiro atoms. The number of fused-ring (bicyclic) bond motifs is 1. The van der Waals surface area contributed by atoms with E-state index in [4.69, 9.17) is 4.74 Å². The molecule has 0 bridgehead atoms. The maximum atomic E-state index is 11.5. The monoisotopic (exact) mass is 275 g/mol. The number of rotatable bonds is 5. The van der Waals surface area contributed by atoms with E-state index in [1.807, 2.05) is 18.2 Å². The molecule has 0 fully saturated rings. The molecule has 2 rings (SSSR count). The van der Waals surface area contributed by atoms with E-state index in [0.717, 1.165) is 24.3 Å². The molecular formula is C15H17NO4. The largest absolute Gasteiger partial charge is 0.493 e. The predicted molar refractivity (Wildman–Crippen MR) is 74.3 cm³/mol. The Bertz CT molecular complexity index is 537. The molecule has 0 atom stereocenters. The Balaban J connectivity index is 1.83. The van der Waals surface area contributed by atoms with Crippen molar-refractivity contribution >= 4 is 18.0 Å². The molecule has 5 nitrogen and oxygen atoms in total. The number of hydrogen-bond acceptors (Lipinski definition) is 4. The van der Waals surface area contributed by atoms with Crippen molar-refractivity contribution in [3.8, 4) is 5.75 Å². The van der Waals surface area contributed by atoms with E-state index in [1.165, 1.54) is 18.7 Å². The van der Waals surface area contributed by atoms with Crippen LogP contribution in [0, 0.1) is 0 Å². The number of carbonyl (C=O) groups is 2. The second-order valence-corrected chi connectivity index (χ2v) is 4.42. The zero-order valence-corrected chi connectivity index (χ0v) is 11.3. The topological polar surface area (TPSA) is 64.6 Å². The lowest BCUT2D eigenvalue weighted by molar-refractivity contribution is -0.140. The summed E-state index contributed by atoms with van der Waals surface area (Å²) in [6, 6.07) is 5.83. The highest BCUT2D eigenvalue weighted by molar-refractivity contribution is 5.91. The molecule has 106 valence electrons. The number of amides is 1. The zero-order chi connectivity index (χ0) is 14.4. The number of ether oxygens (including phenoxy) is 2. The summed E-state index contributed by atoms with van der Waals surface area (Å²) in [5.41, 5.74) is 2.12. The van der Waals surface area contributed by atoms with Gasteiger partial charge >= 0.3 is 5.97 Å². The van der Waals surface area contributed by atoms with Gasteiger partial charge in [0.25, 0.3) is 0 Å². The molecule has 0 saturated heterocycles. The molecule has 0 radical (unpaired) electrons. The van der Waals surface area contributed by atoms with Crippen LogP contribution in [0.1, 0.15) is 17.5 Å². The highest BCUT2D eigenvalue weighted by atomic mass is 16.5. The molecule has 0 saturated carbocycles. The minimum absolute atomic E-state index is 0.173. The summed E-state index contributed by atoms with van der Waals surface area (Å²) in [7, 11) is 1.32. The van der Waals surface area contributed by atoms with Gasteiger partial charge in [-0.1, -0.05) is 6.07 Å². The van der Waals surface area contributed by atoms with Crippen molar-refractivity contribution in [1.29, 1.82) is 0 Å². The van der Waals surface area contributed by atoms with E-state index < -0.39 is 0 Å². The van der Waals surface area contributed by atoms with Crippen LogP contribution in [0.3, 0.4) is 0 Å². The Labute approximate surface area is 117 Å². The van der Waals surface area contributed by atoms with E-state index in [1.54, 1.807) is 6.08 Å². The lowest BCUT2D eigenvalue weighted by atomic mass is 10.1. The Morgan fingerprint density at radius 1 is 1.45 bits per heavy atom. The molecule has 5 heteroatoms. The van der Waals surface area contributed by atoms with Crippen molar-refractivity contribution in [2.45, 2.75) is 12.8 Å². The Kier molecular flexibility index (Phi) is 4.76. The molecule has 1 heterocycles. The first-order valence-electron chi connectivity index (χ1n) is 6.47. The fourth-order valence-corrected chi connectivity index (χ4v) is 1.93. The summed E-state index contributed by atoms with van der Waals surface area (Å²) in [6.07, 6.45) is 4.27. The molecule has 0 aliphatic carbocycles. The van der Waals surface area contributed by atoms with Gasteiger partial charge in [0.2, 0.25) is 5.91 Å². The van der Waals surface area contributed by atoms with Crippen LogP contribution in [0.2, 0.25) is 0 Å². The van der Waals surface area contributed by atoms with Crippen molar-refractivity contribution in [2.24, 2.45) is 0 Å². The molecule has 1 aliphatic heterocycles. The van der Waals surface area contributed by atoms with Crippen LogP contribution in [0.4, 0.5) is 0 Å². The summed E-state index contributed by atoms with van der Waals surface area (Å²) >= 11 is 0. The molecule has 0 unspecified atom stereocenters. The van der Waals surface area contributed by atoms with E-state index >= 15 is 0 Å². The molecular weight excluding hydrogens is 258 g/mol. The van der Waals surface area contributed by atoms with Crippen molar-refractivity contribution in [2.75, 3.05) is 20.3 Å². The van der Waals surface area contributed by atoms with E-state index in [0.29, 0.717) is 0 Å². The maximum Gasteiger partial charge on any atom is 0.307 e. The number of methoxy groups -OCH3 is 1. The van der Waals surface area contributed by atoms with Crippen molar-refractivity contribution in [3.05, 3.63) is 35.4 Å². The van der Waals surface area contributed by atoms with Gasteiger partial charge in [-0.25, -0.2) is 0 Å². The quantitative estimate of drug-likeness (QED) is 0.650. The molecule has 1 aromatic carbocycles. The Hall–Kier alpha value is -2.30. The van der Waals surface area contributed by atoms with Crippen LogP contribution in [0.15, 0.2) is 24.3 Å². The Morgan fingerprint density at radius 3 is 3.10 bits per heavy atom. The lowest BCUT2D eigenvalue weighted by Gasteiger charge is -2.01. The van der Waals surface area contributed by atoms with Crippen LogP contribution in [0.5, 0.6) is 5.75 Å². The van der Waals surface area contributed by atoms with Gasteiger partial charge in [-0.2, -0.15) is 0 Å². The van der Waals surface area contributed by atoms with Gasteiger partial charge in [0.05, 0.1) is 20.1 Å². The fourth-order valence-electron chi connectivity index (χ4n) is 1.93. The van der Waals surface area contributed by atoms with Gasteiger partial charge in [-0.05, 0) is 29.3 Å². The summed E-state index contributed by atoms with van der Waals surface area (Å²) in [4.78, 5) is 22.4. The van der Waals surface area contributed by atoms with Crippen LogP contribution in [0.25, 0.3) is 6.08 Å². The maximum absolute atomic E-state index is 11.5. The minimum atomic E-state index is -0.340. The van der Waals surface area contributed by atoms with Crippen LogP contribution in [-0.2, 0) is 20.7 Å². The first-order valence-corrected chi connectivity index (χ1v) is 6.47. The highest BCUT2D eigenvalue weighted by Gasteiger charge is 2.11. The number of hydrogen-bond donors (Lipinski definition) is 1. The van der Waals surface area contributed by atoms with Crippen molar-refractivity contribution < 1.29 is 19.1 Å². The average molecular weight is 275 g/mol. The summed E-state index contributed by atoms with van der Waals surface area (Å²) in [6.45, 7) is 0.990. The minimum Gasteiger partial charge on any atom is -0.493 e. The van der Waals surface area contributed by atoms with E-state index in [-0.39, 0.29) is 24.8 Å². The van der Waals surface area contributed by atoms with Gasteiger partial charge in [0, 0.05) is 19.0 Å². The number of benzene rings is 1. The van der Waals surface area contributed by atoms with Gasteiger partial charge in [0.15, 0.2) is 0 Å². The Morgan fingerprint density at radius 2 is 2.30 bits per heavy atom. The number of esters is 1. The average Bonchev–Trinajstić information content (AvgIpc) is 2.92. The molecule has 1 N–H and O–H groups in total. The summed E-state index contributed by atoms with van der Waals surface area (Å²) < 4.78 is 9.90. The third-order valence-electron chi connectivity index (χ3n) is 3.00. The standard InChI is InChI=1S/C15H17NO4/c1-19-15(18)6-8-16-14(17)5-3-11-2-4-13-12(10-11)7-9-20-13/h2-5,10H,6-9H2,1H3,(H,16,17)/b5-3-. The highest BCUT2D eigenvalue weighted by Crippen LogP contribution is 2.26. The summed E-state index contributed by atoms with van der Waals surface area (Å²) in [5, 5.41) is 2.62. The molecule has 0 aromatic heterocycles. The van der Waals surface area contributed by atoms with Crippen LogP contribution >= 0.6 is 0 Å². The van der Waals surface area contributed by atoms with Gasteiger partial charge in [0.1, 0.15) is 5.75 Å². The van der Waals surface area contributed by atoms with E-state index in [2.05, 4.69) is 10.1 Å². The van der Waals surface area contributed by atoms with E-state index in [9.17, 15) is 9.59 Å². The number of carbonyl (C=O) groups excluding carboxylic acids is 2. The van der Waals surface area contributed by atoms with Crippen LogP contribution in [-0.4, -0.2) is 32.1 Å². The van der Waals surface area contributed by atoms with Crippen LogP contribution < -0.4 is 10.1 Å². The van der Waals surface area contributed by atoms with Crippen molar-refractivity contribution in [3.63, 3.8) is 0 Å². The van der Waals surface area contributed by atoms with Gasteiger partial charge in [-0.3, -0.25) is 9.59 Å². The first kappa shape index (κ1) is 14.1. The second-order valence-electron chi connectivity index (χ2n) is 4.42. The fraction of sp³-hybridized carbons (Fsp3) is 0.333. The smallest absolute Gasteiger partial charge is 0.307 e. The second kappa shape index (κ2) is 6.75. The third kappa shape index (κ3) is 3.85. The SMILES string of the molecule is COC(=O)CCNC(=O)/C=C\c1ccc2c(c1)CCO2. The molecule has 1 aromatic rings.